The van der Waals surface area contributed by atoms with Crippen molar-refractivity contribution in [3.05, 3.63) is 0 Å². The molecule has 1 saturated carbocycles. The fourth-order valence-electron chi connectivity index (χ4n) is 2.75. The quantitative estimate of drug-likeness (QED) is 0.750. The molecule has 0 bridgehead atoms. The lowest BCUT2D eigenvalue weighted by atomic mass is 9.78. The fourth-order valence-corrected chi connectivity index (χ4v) is 2.75. The van der Waals surface area contributed by atoms with Gasteiger partial charge in [0.15, 0.2) is 6.10 Å². The summed E-state index contributed by atoms with van der Waals surface area (Å²) in [5.74, 6) is -0.290. The first kappa shape index (κ1) is 14.5. The average molecular weight is 243 g/mol. The van der Waals surface area contributed by atoms with Gasteiger partial charge in [-0.2, -0.15) is 0 Å². The summed E-state index contributed by atoms with van der Waals surface area (Å²) in [4.78, 5) is 11.1. The van der Waals surface area contributed by atoms with Crippen LogP contribution in [0.4, 0.5) is 0 Å². The largest absolute Gasteiger partial charge is 0.479 e. The Kier molecular flexibility index (Phi) is 5.40. The van der Waals surface area contributed by atoms with E-state index >= 15 is 0 Å². The first-order valence-electron chi connectivity index (χ1n) is 6.63. The summed E-state index contributed by atoms with van der Waals surface area (Å²) >= 11 is 0. The fraction of sp³-hybridized carbons (Fsp3) is 0.923. The summed E-state index contributed by atoms with van der Waals surface area (Å²) in [6.45, 7) is 4.57. The van der Waals surface area contributed by atoms with Gasteiger partial charge >= 0.3 is 5.97 Å². The first-order chi connectivity index (χ1) is 8.03. The van der Waals surface area contributed by atoms with E-state index in [1.807, 2.05) is 6.92 Å². The molecule has 4 nitrogen and oxygen atoms in total. The summed E-state index contributed by atoms with van der Waals surface area (Å²) in [6, 6.07) is 0. The molecular formula is C13H25NO3. The van der Waals surface area contributed by atoms with Gasteiger partial charge in [0.2, 0.25) is 0 Å². The third-order valence-corrected chi connectivity index (χ3v) is 3.64. The minimum atomic E-state index is -0.863. The third-order valence-electron chi connectivity index (χ3n) is 3.64. The van der Waals surface area contributed by atoms with Crippen LogP contribution in [0.25, 0.3) is 0 Å². The minimum Gasteiger partial charge on any atom is -0.479 e. The number of carboxylic acids is 1. The van der Waals surface area contributed by atoms with E-state index < -0.39 is 17.7 Å². The normalized spacial score (nSPS) is 31.1. The van der Waals surface area contributed by atoms with Crippen molar-refractivity contribution in [2.75, 3.05) is 6.54 Å². The number of hydrogen-bond acceptors (Lipinski definition) is 3. The molecule has 1 rings (SSSR count). The van der Waals surface area contributed by atoms with Gasteiger partial charge in [-0.1, -0.05) is 33.1 Å². The Morgan fingerprint density at radius 3 is 2.82 bits per heavy atom. The van der Waals surface area contributed by atoms with Crippen molar-refractivity contribution in [3.63, 3.8) is 0 Å². The Hall–Kier alpha value is -0.610. The molecule has 0 spiro atoms. The van der Waals surface area contributed by atoms with Gasteiger partial charge in [-0.25, -0.2) is 4.79 Å². The molecule has 1 fully saturated rings. The zero-order valence-corrected chi connectivity index (χ0v) is 10.9. The summed E-state index contributed by atoms with van der Waals surface area (Å²) < 4.78 is 5.88. The van der Waals surface area contributed by atoms with E-state index in [9.17, 15) is 4.79 Å². The smallest absolute Gasteiger partial charge is 0.332 e. The van der Waals surface area contributed by atoms with Gasteiger partial charge in [0.1, 0.15) is 0 Å². The molecule has 3 atom stereocenters. The van der Waals surface area contributed by atoms with Crippen LogP contribution in [-0.2, 0) is 9.53 Å². The van der Waals surface area contributed by atoms with E-state index in [0.717, 1.165) is 25.7 Å². The lowest BCUT2D eigenvalue weighted by Crippen LogP contribution is -2.48. The summed E-state index contributed by atoms with van der Waals surface area (Å²) in [6.07, 6.45) is 4.72. The third kappa shape index (κ3) is 3.96. The molecule has 100 valence electrons. The molecule has 0 aliphatic heterocycles. The summed E-state index contributed by atoms with van der Waals surface area (Å²) in [7, 11) is 0. The number of carbonyl (C=O) groups is 1. The molecule has 0 aromatic carbocycles. The summed E-state index contributed by atoms with van der Waals surface area (Å²) in [5.41, 5.74) is 5.42. The van der Waals surface area contributed by atoms with Crippen LogP contribution < -0.4 is 5.73 Å². The van der Waals surface area contributed by atoms with Crippen LogP contribution in [0.5, 0.6) is 0 Å². The van der Waals surface area contributed by atoms with Crippen molar-refractivity contribution in [3.8, 4) is 0 Å². The number of ether oxygens (including phenoxy) is 1. The Bertz CT molecular complexity index is 257. The molecule has 17 heavy (non-hydrogen) atoms. The van der Waals surface area contributed by atoms with Crippen molar-refractivity contribution in [2.45, 2.75) is 64.1 Å². The second kappa shape index (κ2) is 6.36. The molecule has 3 N–H and O–H groups in total. The standard InChI is InChI=1S/C13H25NO3/c1-3-5-11(12(15)16)17-13(9-14)7-4-6-10(2)8-13/h10-11H,3-9,14H2,1-2H3,(H,15,16). The van der Waals surface area contributed by atoms with E-state index in [4.69, 9.17) is 15.6 Å². The minimum absolute atomic E-state index is 0.407. The topological polar surface area (TPSA) is 72.5 Å². The lowest BCUT2D eigenvalue weighted by Gasteiger charge is -2.40. The van der Waals surface area contributed by atoms with Gasteiger partial charge in [0, 0.05) is 6.54 Å². The van der Waals surface area contributed by atoms with E-state index in [-0.39, 0.29) is 0 Å². The maximum absolute atomic E-state index is 11.1. The maximum Gasteiger partial charge on any atom is 0.332 e. The van der Waals surface area contributed by atoms with Crippen LogP contribution in [0.15, 0.2) is 0 Å². The number of hydrogen-bond donors (Lipinski definition) is 2. The van der Waals surface area contributed by atoms with Crippen molar-refractivity contribution in [1.82, 2.24) is 0 Å². The molecule has 0 saturated heterocycles. The van der Waals surface area contributed by atoms with Crippen LogP contribution >= 0.6 is 0 Å². The average Bonchev–Trinajstić information content (AvgIpc) is 2.28. The Labute approximate surface area is 104 Å². The van der Waals surface area contributed by atoms with Gasteiger partial charge in [-0.05, 0) is 25.2 Å². The number of carboxylic acid groups (broad SMARTS) is 1. The predicted octanol–water partition coefficient (Wildman–Crippen LogP) is 2.16. The van der Waals surface area contributed by atoms with Gasteiger partial charge in [-0.3, -0.25) is 0 Å². The Morgan fingerprint density at radius 2 is 2.35 bits per heavy atom. The van der Waals surface area contributed by atoms with Gasteiger partial charge < -0.3 is 15.6 Å². The molecule has 0 aromatic rings. The molecule has 0 amide bonds. The van der Waals surface area contributed by atoms with Gasteiger partial charge in [0.25, 0.3) is 0 Å². The van der Waals surface area contributed by atoms with E-state index in [2.05, 4.69) is 6.92 Å². The van der Waals surface area contributed by atoms with Crippen molar-refractivity contribution >= 4 is 5.97 Å². The number of rotatable bonds is 6. The highest BCUT2D eigenvalue weighted by atomic mass is 16.5. The zero-order chi connectivity index (χ0) is 12.9. The van der Waals surface area contributed by atoms with Crippen LogP contribution in [0.1, 0.15) is 52.4 Å². The zero-order valence-electron chi connectivity index (χ0n) is 10.9. The monoisotopic (exact) mass is 243 g/mol. The van der Waals surface area contributed by atoms with Crippen molar-refractivity contribution in [1.29, 1.82) is 0 Å². The molecule has 0 aromatic heterocycles. The van der Waals surface area contributed by atoms with E-state index in [1.54, 1.807) is 0 Å². The van der Waals surface area contributed by atoms with Gasteiger partial charge in [-0.15, -0.1) is 0 Å². The maximum atomic E-state index is 11.1. The lowest BCUT2D eigenvalue weighted by molar-refractivity contribution is -0.170. The predicted molar refractivity (Wildman–Crippen MR) is 66.8 cm³/mol. The SMILES string of the molecule is CCCC(OC1(CN)CCCC(C)C1)C(=O)O. The molecule has 0 heterocycles. The number of aliphatic carboxylic acids is 1. The van der Waals surface area contributed by atoms with E-state index in [0.29, 0.717) is 18.9 Å². The molecule has 1 aliphatic rings. The number of nitrogens with two attached hydrogens (primary N) is 1. The van der Waals surface area contributed by atoms with E-state index in [1.165, 1.54) is 6.42 Å². The Balaban J connectivity index is 2.68. The van der Waals surface area contributed by atoms with Crippen LogP contribution in [0, 0.1) is 5.92 Å². The van der Waals surface area contributed by atoms with Crippen molar-refractivity contribution < 1.29 is 14.6 Å². The highest BCUT2D eigenvalue weighted by molar-refractivity contribution is 5.72. The molecule has 0 radical (unpaired) electrons. The molecule has 3 unspecified atom stereocenters. The first-order valence-corrected chi connectivity index (χ1v) is 6.63. The van der Waals surface area contributed by atoms with Crippen molar-refractivity contribution in [2.24, 2.45) is 11.7 Å². The molecule has 4 heteroatoms. The highest BCUT2D eigenvalue weighted by Gasteiger charge is 2.38. The van der Waals surface area contributed by atoms with Crippen LogP contribution in [-0.4, -0.2) is 29.3 Å². The van der Waals surface area contributed by atoms with Crippen LogP contribution in [0.2, 0.25) is 0 Å². The summed E-state index contributed by atoms with van der Waals surface area (Å²) in [5, 5.41) is 9.15. The van der Waals surface area contributed by atoms with Crippen LogP contribution in [0.3, 0.4) is 0 Å². The highest BCUT2D eigenvalue weighted by Crippen LogP contribution is 2.35. The molecular weight excluding hydrogens is 218 g/mol. The second-order valence-electron chi connectivity index (χ2n) is 5.32. The van der Waals surface area contributed by atoms with Gasteiger partial charge in [0.05, 0.1) is 5.60 Å². The molecule has 1 aliphatic carbocycles. The second-order valence-corrected chi connectivity index (χ2v) is 5.32. The Morgan fingerprint density at radius 1 is 1.65 bits per heavy atom.